The second-order valence-corrected chi connectivity index (χ2v) is 7.73. The fourth-order valence-corrected chi connectivity index (χ4v) is 5.05. The Labute approximate surface area is 91.3 Å². The average molecular weight is 250 g/mol. The largest absolute Gasteiger partial charge is 0.304 e. The zero-order valence-electron chi connectivity index (χ0n) is 7.56. The first-order valence-electron chi connectivity index (χ1n) is 4.23. The summed E-state index contributed by atoms with van der Waals surface area (Å²) in [5.41, 5.74) is 1.06. The molecule has 1 N–H and O–H groups in total. The van der Waals surface area contributed by atoms with Crippen LogP contribution in [-0.4, -0.2) is 18.2 Å². The molecule has 2 heterocycles. The monoisotopic (exact) mass is 250 g/mol. The summed E-state index contributed by atoms with van der Waals surface area (Å²) in [5.74, 6) is 0. The summed E-state index contributed by atoms with van der Waals surface area (Å²) in [6.07, 6.45) is 1.98. The van der Waals surface area contributed by atoms with Crippen LogP contribution >= 0.6 is 23.1 Å². The van der Waals surface area contributed by atoms with Crippen molar-refractivity contribution in [1.29, 1.82) is 0 Å². The number of thiophene rings is 1. The Morgan fingerprint density at radius 3 is 2.93 bits per heavy atom. The molecule has 6 heteroatoms. The van der Waals surface area contributed by atoms with E-state index in [1.165, 1.54) is 11.3 Å². The van der Waals surface area contributed by atoms with Crippen LogP contribution in [0.2, 0.25) is 0 Å². The second-order valence-electron chi connectivity index (χ2n) is 3.32. The Bertz CT molecular complexity index is 446. The van der Waals surface area contributed by atoms with Gasteiger partial charge < -0.3 is 0 Å². The molecule has 3 nitrogen and oxygen atoms in total. The number of aryl methyl sites for hydroxylation is 1. The summed E-state index contributed by atoms with van der Waals surface area (Å²) in [4.78, 5) is 0. The molecule has 0 aromatic carbocycles. The Kier molecular flexibility index (Phi) is 2.63. The molecule has 1 aliphatic heterocycles. The predicted octanol–water partition coefficient (Wildman–Crippen LogP) is 2.42. The number of hydrogen-bond donors (Lipinski definition) is 1. The van der Waals surface area contributed by atoms with Crippen LogP contribution < -0.4 is 0 Å². The summed E-state index contributed by atoms with van der Waals surface area (Å²) in [5, 5.41) is 0.537. The van der Waals surface area contributed by atoms with Crippen LogP contribution in [0.5, 0.6) is 0 Å². The molecule has 1 aliphatic rings. The van der Waals surface area contributed by atoms with E-state index in [0.717, 1.165) is 22.6 Å². The highest BCUT2D eigenvalue weighted by atomic mass is 32.3. The maximum Gasteiger partial charge on any atom is 0.304 e. The summed E-state index contributed by atoms with van der Waals surface area (Å²) < 4.78 is 31.8. The van der Waals surface area contributed by atoms with Crippen LogP contribution in [0.3, 0.4) is 0 Å². The molecule has 0 amide bonds. The molecule has 0 aliphatic carbocycles. The maximum atomic E-state index is 10.9. The SMILES string of the molecule is CC1CCc2cc(S(=O)(=O)O)sc2S1. The highest BCUT2D eigenvalue weighted by molar-refractivity contribution is 8.02. The summed E-state index contributed by atoms with van der Waals surface area (Å²) in [6.45, 7) is 2.13. The van der Waals surface area contributed by atoms with Crippen LogP contribution in [-0.2, 0) is 16.5 Å². The highest BCUT2D eigenvalue weighted by Gasteiger charge is 2.22. The molecule has 0 saturated carbocycles. The Morgan fingerprint density at radius 1 is 1.57 bits per heavy atom. The van der Waals surface area contributed by atoms with Crippen molar-refractivity contribution in [3.8, 4) is 0 Å². The molecule has 0 saturated heterocycles. The lowest BCUT2D eigenvalue weighted by Crippen LogP contribution is -2.03. The molecule has 1 unspecified atom stereocenters. The van der Waals surface area contributed by atoms with E-state index in [-0.39, 0.29) is 4.21 Å². The van der Waals surface area contributed by atoms with Gasteiger partial charge in [0, 0.05) is 5.25 Å². The zero-order chi connectivity index (χ0) is 10.3. The van der Waals surface area contributed by atoms with Gasteiger partial charge >= 0.3 is 10.1 Å². The smallest absolute Gasteiger partial charge is 0.281 e. The van der Waals surface area contributed by atoms with E-state index in [9.17, 15) is 8.42 Å². The molecule has 0 fully saturated rings. The standard InChI is InChI=1S/C8H10O3S3/c1-5-2-3-6-4-7(14(9,10)11)13-8(6)12-5/h4-5H,2-3H2,1H3,(H,9,10,11). The third-order valence-corrected chi connectivity index (χ3v) is 6.06. The minimum atomic E-state index is -4.01. The average Bonchev–Trinajstić information content (AvgIpc) is 2.45. The van der Waals surface area contributed by atoms with Crippen molar-refractivity contribution in [1.82, 2.24) is 0 Å². The molecular formula is C8H10O3S3. The molecule has 1 aromatic rings. The van der Waals surface area contributed by atoms with Crippen LogP contribution in [0.25, 0.3) is 0 Å². The van der Waals surface area contributed by atoms with Gasteiger partial charge in [0.2, 0.25) is 0 Å². The molecular weight excluding hydrogens is 240 g/mol. The van der Waals surface area contributed by atoms with Gasteiger partial charge in [0.25, 0.3) is 0 Å². The van der Waals surface area contributed by atoms with Crippen molar-refractivity contribution >= 4 is 33.2 Å². The summed E-state index contributed by atoms with van der Waals surface area (Å²) >= 11 is 2.86. The van der Waals surface area contributed by atoms with E-state index in [1.807, 2.05) is 0 Å². The fourth-order valence-electron chi connectivity index (χ4n) is 1.39. The molecule has 14 heavy (non-hydrogen) atoms. The van der Waals surface area contributed by atoms with Crippen molar-refractivity contribution in [2.24, 2.45) is 0 Å². The van der Waals surface area contributed by atoms with E-state index in [1.54, 1.807) is 17.8 Å². The van der Waals surface area contributed by atoms with Gasteiger partial charge in [-0.15, -0.1) is 23.1 Å². The van der Waals surface area contributed by atoms with Crippen molar-refractivity contribution in [2.45, 2.75) is 33.4 Å². The number of fused-ring (bicyclic) bond motifs is 1. The van der Waals surface area contributed by atoms with E-state index < -0.39 is 10.1 Å². The molecule has 78 valence electrons. The quantitative estimate of drug-likeness (QED) is 0.778. The molecule has 1 aromatic heterocycles. The topological polar surface area (TPSA) is 54.4 Å². The van der Waals surface area contributed by atoms with Crippen molar-refractivity contribution in [2.75, 3.05) is 0 Å². The second kappa shape index (κ2) is 3.52. The first-order chi connectivity index (χ1) is 6.47. The van der Waals surface area contributed by atoms with Crippen LogP contribution in [0.1, 0.15) is 18.9 Å². The molecule has 2 rings (SSSR count). The van der Waals surface area contributed by atoms with Gasteiger partial charge in [-0.25, -0.2) is 0 Å². The number of rotatable bonds is 1. The van der Waals surface area contributed by atoms with E-state index >= 15 is 0 Å². The highest BCUT2D eigenvalue weighted by Crippen LogP contribution is 2.41. The van der Waals surface area contributed by atoms with Crippen molar-refractivity contribution in [3.63, 3.8) is 0 Å². The van der Waals surface area contributed by atoms with Gasteiger partial charge in [0.05, 0.1) is 4.21 Å². The minimum Gasteiger partial charge on any atom is -0.281 e. The molecule has 0 spiro atoms. The van der Waals surface area contributed by atoms with Gasteiger partial charge in [-0.05, 0) is 24.5 Å². The summed E-state index contributed by atoms with van der Waals surface area (Å²) in [6, 6.07) is 1.59. The molecule has 0 bridgehead atoms. The first kappa shape index (κ1) is 10.5. The lowest BCUT2D eigenvalue weighted by atomic mass is 10.1. The van der Waals surface area contributed by atoms with Crippen molar-refractivity contribution < 1.29 is 13.0 Å². The predicted molar refractivity (Wildman–Crippen MR) is 57.8 cm³/mol. The van der Waals surface area contributed by atoms with Gasteiger partial charge in [0.1, 0.15) is 4.21 Å². The Balaban J connectivity index is 2.42. The maximum absolute atomic E-state index is 10.9. The number of thioether (sulfide) groups is 1. The van der Waals surface area contributed by atoms with Crippen LogP contribution in [0.15, 0.2) is 14.5 Å². The lowest BCUT2D eigenvalue weighted by Gasteiger charge is -2.16. The lowest BCUT2D eigenvalue weighted by molar-refractivity contribution is 0.485. The van der Waals surface area contributed by atoms with E-state index in [2.05, 4.69) is 6.92 Å². The van der Waals surface area contributed by atoms with Crippen LogP contribution in [0.4, 0.5) is 0 Å². The summed E-state index contributed by atoms with van der Waals surface area (Å²) in [7, 11) is -4.01. The fraction of sp³-hybridized carbons (Fsp3) is 0.500. The molecule has 0 radical (unpaired) electrons. The van der Waals surface area contributed by atoms with E-state index in [4.69, 9.17) is 4.55 Å². The zero-order valence-corrected chi connectivity index (χ0v) is 10.0. The third-order valence-electron chi connectivity index (χ3n) is 2.13. The third kappa shape index (κ3) is 1.98. The van der Waals surface area contributed by atoms with Gasteiger partial charge in [-0.3, -0.25) is 4.55 Å². The Hall–Kier alpha value is -0.0400. The van der Waals surface area contributed by atoms with Crippen molar-refractivity contribution in [3.05, 3.63) is 11.6 Å². The molecule has 1 atom stereocenters. The Morgan fingerprint density at radius 2 is 2.29 bits per heavy atom. The van der Waals surface area contributed by atoms with Gasteiger partial charge in [0.15, 0.2) is 0 Å². The van der Waals surface area contributed by atoms with Gasteiger partial charge in [-0.1, -0.05) is 6.92 Å². The van der Waals surface area contributed by atoms with Gasteiger partial charge in [-0.2, -0.15) is 8.42 Å². The minimum absolute atomic E-state index is 0.0732. The first-order valence-corrected chi connectivity index (χ1v) is 7.37. The van der Waals surface area contributed by atoms with Crippen LogP contribution in [0, 0.1) is 0 Å². The van der Waals surface area contributed by atoms with E-state index in [0.29, 0.717) is 5.25 Å². The normalized spacial score (nSPS) is 22.0. The number of hydrogen-bond acceptors (Lipinski definition) is 4.